The molecule has 0 saturated heterocycles. The molecule has 0 radical (unpaired) electrons. The maximum Gasteiger partial charge on any atom is 0.213 e. The fourth-order valence-corrected chi connectivity index (χ4v) is 2.41. The Labute approximate surface area is 139 Å². The highest BCUT2D eigenvalue weighted by atomic mass is 19.1. The zero-order valence-corrected chi connectivity index (χ0v) is 13.2. The van der Waals surface area contributed by atoms with Crippen molar-refractivity contribution in [3.8, 4) is 17.0 Å². The highest BCUT2D eigenvalue weighted by molar-refractivity contribution is 5.61. The SMILES string of the molecule is COc1ccccc1CCNc1cc(-c2ccnc(F)c2)ncn1. The Kier molecular flexibility index (Phi) is 4.96. The van der Waals surface area contributed by atoms with Gasteiger partial charge in [-0.2, -0.15) is 4.39 Å². The van der Waals surface area contributed by atoms with Crippen molar-refractivity contribution in [2.75, 3.05) is 19.0 Å². The number of benzene rings is 1. The van der Waals surface area contributed by atoms with Gasteiger partial charge in [0, 0.05) is 30.4 Å². The molecular weight excluding hydrogens is 307 g/mol. The van der Waals surface area contributed by atoms with E-state index in [0.717, 1.165) is 17.7 Å². The Morgan fingerprint density at radius 2 is 1.96 bits per heavy atom. The molecule has 0 aliphatic carbocycles. The lowest BCUT2D eigenvalue weighted by Crippen LogP contribution is -2.07. The summed E-state index contributed by atoms with van der Waals surface area (Å²) in [6, 6.07) is 12.8. The van der Waals surface area contributed by atoms with E-state index in [1.165, 1.54) is 18.6 Å². The fraction of sp³-hybridized carbons (Fsp3) is 0.167. The number of nitrogens with one attached hydrogen (secondary N) is 1. The van der Waals surface area contributed by atoms with Gasteiger partial charge in [0.1, 0.15) is 17.9 Å². The highest BCUT2D eigenvalue weighted by Crippen LogP contribution is 2.20. The van der Waals surface area contributed by atoms with Gasteiger partial charge < -0.3 is 10.1 Å². The number of halogens is 1. The number of hydrogen-bond acceptors (Lipinski definition) is 5. The summed E-state index contributed by atoms with van der Waals surface area (Å²) in [5.74, 6) is 1.03. The molecule has 0 amide bonds. The molecule has 122 valence electrons. The molecule has 1 N–H and O–H groups in total. The van der Waals surface area contributed by atoms with Crippen molar-refractivity contribution in [2.45, 2.75) is 6.42 Å². The van der Waals surface area contributed by atoms with E-state index < -0.39 is 5.95 Å². The summed E-state index contributed by atoms with van der Waals surface area (Å²) < 4.78 is 18.6. The maximum atomic E-state index is 13.2. The van der Waals surface area contributed by atoms with Gasteiger partial charge in [0.15, 0.2) is 0 Å². The van der Waals surface area contributed by atoms with Crippen LogP contribution >= 0.6 is 0 Å². The smallest absolute Gasteiger partial charge is 0.213 e. The summed E-state index contributed by atoms with van der Waals surface area (Å²) in [6.07, 6.45) is 3.67. The third-order valence-electron chi connectivity index (χ3n) is 3.58. The molecule has 3 rings (SSSR count). The molecule has 2 aromatic heterocycles. The van der Waals surface area contributed by atoms with Crippen LogP contribution in [-0.2, 0) is 6.42 Å². The molecule has 6 heteroatoms. The van der Waals surface area contributed by atoms with Crippen LogP contribution in [0.15, 0.2) is 55.0 Å². The summed E-state index contributed by atoms with van der Waals surface area (Å²) in [4.78, 5) is 11.9. The molecule has 0 aliphatic rings. The van der Waals surface area contributed by atoms with Gasteiger partial charge in [0.25, 0.3) is 0 Å². The van der Waals surface area contributed by atoms with Crippen molar-refractivity contribution in [3.05, 3.63) is 66.5 Å². The van der Waals surface area contributed by atoms with Crippen LogP contribution in [0.3, 0.4) is 0 Å². The van der Waals surface area contributed by atoms with Crippen molar-refractivity contribution < 1.29 is 9.13 Å². The molecule has 0 bridgehead atoms. The number of aromatic nitrogens is 3. The van der Waals surface area contributed by atoms with Crippen molar-refractivity contribution in [1.82, 2.24) is 15.0 Å². The highest BCUT2D eigenvalue weighted by Gasteiger charge is 2.05. The molecular formula is C18H17FN4O. The summed E-state index contributed by atoms with van der Waals surface area (Å²) >= 11 is 0. The number of ether oxygens (including phenoxy) is 1. The van der Waals surface area contributed by atoms with E-state index in [1.807, 2.05) is 24.3 Å². The molecule has 0 fully saturated rings. The Hall–Kier alpha value is -3.02. The standard InChI is InChI=1S/C18H17FN4O/c1-24-16-5-3-2-4-13(16)6-9-21-18-11-15(22-12-23-18)14-7-8-20-17(19)10-14/h2-5,7-8,10-12H,6,9H2,1H3,(H,21,22,23). The third-order valence-corrected chi connectivity index (χ3v) is 3.58. The van der Waals surface area contributed by atoms with Gasteiger partial charge in [0.05, 0.1) is 12.8 Å². The molecule has 0 spiro atoms. The summed E-state index contributed by atoms with van der Waals surface area (Å²) in [5.41, 5.74) is 2.43. The van der Waals surface area contributed by atoms with Gasteiger partial charge in [0.2, 0.25) is 5.95 Å². The Morgan fingerprint density at radius 3 is 2.79 bits per heavy atom. The zero-order valence-electron chi connectivity index (χ0n) is 13.2. The van der Waals surface area contributed by atoms with E-state index in [1.54, 1.807) is 19.2 Å². The molecule has 5 nitrogen and oxygen atoms in total. The minimum absolute atomic E-state index is 0.531. The first-order chi connectivity index (χ1) is 11.8. The molecule has 24 heavy (non-hydrogen) atoms. The van der Waals surface area contributed by atoms with Gasteiger partial charge in [-0.25, -0.2) is 15.0 Å². The molecule has 0 atom stereocenters. The van der Waals surface area contributed by atoms with Crippen molar-refractivity contribution in [2.24, 2.45) is 0 Å². The Bertz CT molecular complexity index is 825. The number of anilines is 1. The predicted molar refractivity (Wildman–Crippen MR) is 90.4 cm³/mol. The monoisotopic (exact) mass is 324 g/mol. The van der Waals surface area contributed by atoms with E-state index >= 15 is 0 Å². The molecule has 1 aromatic carbocycles. The Balaban J connectivity index is 1.67. The predicted octanol–water partition coefficient (Wildman–Crippen LogP) is 3.34. The van der Waals surface area contributed by atoms with Gasteiger partial charge in [-0.1, -0.05) is 18.2 Å². The van der Waals surface area contributed by atoms with E-state index in [9.17, 15) is 4.39 Å². The van der Waals surface area contributed by atoms with Gasteiger partial charge >= 0.3 is 0 Å². The van der Waals surface area contributed by atoms with E-state index in [2.05, 4.69) is 20.3 Å². The van der Waals surface area contributed by atoms with Crippen molar-refractivity contribution in [3.63, 3.8) is 0 Å². The molecule has 0 saturated carbocycles. The lowest BCUT2D eigenvalue weighted by atomic mass is 10.1. The minimum atomic E-state index is -0.531. The summed E-state index contributed by atoms with van der Waals surface area (Å²) in [5, 5.41) is 3.25. The van der Waals surface area contributed by atoms with E-state index in [4.69, 9.17) is 4.74 Å². The third kappa shape index (κ3) is 3.84. The second kappa shape index (κ2) is 7.50. The number of pyridine rings is 1. The van der Waals surface area contributed by atoms with E-state index in [-0.39, 0.29) is 0 Å². The average molecular weight is 324 g/mol. The zero-order chi connectivity index (χ0) is 16.8. The first-order valence-electron chi connectivity index (χ1n) is 7.56. The van der Waals surface area contributed by atoms with Crippen molar-refractivity contribution in [1.29, 1.82) is 0 Å². The van der Waals surface area contributed by atoms with Gasteiger partial charge in [-0.15, -0.1) is 0 Å². The molecule has 0 unspecified atom stereocenters. The normalized spacial score (nSPS) is 10.4. The molecule has 3 aromatic rings. The largest absolute Gasteiger partial charge is 0.496 e. The number of nitrogens with zero attached hydrogens (tertiary/aromatic N) is 3. The lowest BCUT2D eigenvalue weighted by molar-refractivity contribution is 0.410. The quantitative estimate of drug-likeness (QED) is 0.705. The van der Waals surface area contributed by atoms with Gasteiger partial charge in [-0.3, -0.25) is 0 Å². The maximum absolute atomic E-state index is 13.2. The topological polar surface area (TPSA) is 59.9 Å². The first kappa shape index (κ1) is 15.9. The number of rotatable bonds is 6. The number of hydrogen-bond donors (Lipinski definition) is 1. The average Bonchev–Trinajstić information content (AvgIpc) is 2.62. The van der Waals surface area contributed by atoms with Crippen molar-refractivity contribution >= 4 is 5.82 Å². The number of methoxy groups -OCH3 is 1. The van der Waals surface area contributed by atoms with Crippen LogP contribution in [0.25, 0.3) is 11.3 Å². The summed E-state index contributed by atoms with van der Waals surface area (Å²) in [6.45, 7) is 0.696. The van der Waals surface area contributed by atoms with Crippen LogP contribution in [0.2, 0.25) is 0 Å². The van der Waals surface area contributed by atoms with Crippen LogP contribution < -0.4 is 10.1 Å². The summed E-state index contributed by atoms with van der Waals surface area (Å²) in [7, 11) is 1.66. The van der Waals surface area contributed by atoms with Crippen LogP contribution in [0, 0.1) is 5.95 Å². The van der Waals surface area contributed by atoms with Crippen LogP contribution in [-0.4, -0.2) is 28.6 Å². The Morgan fingerprint density at radius 1 is 1.08 bits per heavy atom. The number of para-hydroxylation sites is 1. The van der Waals surface area contributed by atoms with Gasteiger partial charge in [-0.05, 0) is 24.1 Å². The lowest BCUT2D eigenvalue weighted by Gasteiger charge is -2.10. The molecule has 0 aliphatic heterocycles. The van der Waals surface area contributed by atoms with E-state index in [0.29, 0.717) is 23.6 Å². The second-order valence-corrected chi connectivity index (χ2v) is 5.14. The minimum Gasteiger partial charge on any atom is -0.496 e. The molecule has 2 heterocycles. The van der Waals surface area contributed by atoms with Crippen LogP contribution in [0.1, 0.15) is 5.56 Å². The van der Waals surface area contributed by atoms with Crippen LogP contribution in [0.4, 0.5) is 10.2 Å². The second-order valence-electron chi connectivity index (χ2n) is 5.14. The first-order valence-corrected chi connectivity index (χ1v) is 7.56. The van der Waals surface area contributed by atoms with Crippen LogP contribution in [0.5, 0.6) is 5.75 Å². The fourth-order valence-electron chi connectivity index (χ4n) is 2.41.